The fourth-order valence-electron chi connectivity index (χ4n) is 2.27. The van der Waals surface area contributed by atoms with Gasteiger partial charge in [-0.05, 0) is 19.8 Å². The highest BCUT2D eigenvalue weighted by Crippen LogP contribution is 2.11. The van der Waals surface area contributed by atoms with Crippen LogP contribution in [-0.4, -0.2) is 16.2 Å². The van der Waals surface area contributed by atoms with Crippen LogP contribution in [0, 0.1) is 6.92 Å². The molecular formula is C15H29N3O. The first-order valence-corrected chi connectivity index (χ1v) is 7.78. The Bertz CT molecular complexity index is 315. The topological polar surface area (TPSA) is 51.0 Å². The minimum Gasteiger partial charge on any atom is -0.338 e. The Kier molecular flexibility index (Phi) is 8.47. The largest absolute Gasteiger partial charge is 0.338 e. The third-order valence-corrected chi connectivity index (χ3v) is 3.42. The number of aromatic nitrogens is 2. The summed E-state index contributed by atoms with van der Waals surface area (Å²) in [5.41, 5.74) is 0. The van der Waals surface area contributed by atoms with E-state index in [2.05, 4.69) is 29.3 Å². The van der Waals surface area contributed by atoms with Crippen LogP contribution in [0.4, 0.5) is 0 Å². The first kappa shape index (κ1) is 16.2. The highest BCUT2D eigenvalue weighted by molar-refractivity contribution is 4.83. The molecule has 0 unspecified atom stereocenters. The molecule has 1 aromatic rings. The average molecular weight is 267 g/mol. The number of unbranched alkanes of at least 4 members (excludes halogenated alkanes) is 4. The summed E-state index contributed by atoms with van der Waals surface area (Å²) in [4.78, 5) is 4.24. The molecule has 0 bridgehead atoms. The van der Waals surface area contributed by atoms with Crippen molar-refractivity contribution in [2.24, 2.45) is 0 Å². The lowest BCUT2D eigenvalue weighted by Gasteiger charge is -2.17. The second-order valence-electron chi connectivity index (χ2n) is 5.30. The first-order valence-electron chi connectivity index (χ1n) is 7.78. The molecule has 0 aromatic carbocycles. The number of aryl methyl sites for hydroxylation is 1. The molecule has 1 heterocycles. The van der Waals surface area contributed by atoms with Gasteiger partial charge in [0, 0.05) is 6.04 Å². The van der Waals surface area contributed by atoms with Crippen molar-refractivity contribution in [3.05, 3.63) is 11.7 Å². The fourth-order valence-corrected chi connectivity index (χ4v) is 2.27. The first-order chi connectivity index (χ1) is 9.26. The van der Waals surface area contributed by atoms with Crippen LogP contribution in [0.15, 0.2) is 4.52 Å². The molecule has 1 N–H and O–H groups in total. The van der Waals surface area contributed by atoms with Crippen LogP contribution in [0.25, 0.3) is 0 Å². The van der Waals surface area contributed by atoms with Gasteiger partial charge in [0.05, 0.1) is 6.54 Å². The minimum absolute atomic E-state index is 0.588. The van der Waals surface area contributed by atoms with Gasteiger partial charge in [0.1, 0.15) is 0 Å². The van der Waals surface area contributed by atoms with Crippen LogP contribution in [0.3, 0.4) is 0 Å². The normalized spacial score (nSPS) is 11.4. The van der Waals surface area contributed by atoms with Gasteiger partial charge in [0.25, 0.3) is 0 Å². The van der Waals surface area contributed by atoms with E-state index in [1.54, 1.807) is 0 Å². The summed E-state index contributed by atoms with van der Waals surface area (Å²) in [6.07, 6.45) is 10.3. The number of rotatable bonds is 11. The van der Waals surface area contributed by atoms with E-state index in [9.17, 15) is 0 Å². The van der Waals surface area contributed by atoms with Gasteiger partial charge in [-0.2, -0.15) is 4.98 Å². The van der Waals surface area contributed by atoms with Crippen LogP contribution >= 0.6 is 0 Å². The zero-order valence-corrected chi connectivity index (χ0v) is 12.7. The van der Waals surface area contributed by atoms with Crippen molar-refractivity contribution in [2.75, 3.05) is 0 Å². The van der Waals surface area contributed by atoms with E-state index in [4.69, 9.17) is 4.52 Å². The van der Waals surface area contributed by atoms with Gasteiger partial charge in [-0.25, -0.2) is 0 Å². The summed E-state index contributed by atoms with van der Waals surface area (Å²) in [6, 6.07) is 0.588. The van der Waals surface area contributed by atoms with Crippen molar-refractivity contribution in [3.63, 3.8) is 0 Å². The molecule has 0 radical (unpaired) electrons. The summed E-state index contributed by atoms with van der Waals surface area (Å²) in [5.74, 6) is 1.42. The third kappa shape index (κ3) is 7.31. The van der Waals surface area contributed by atoms with Crippen molar-refractivity contribution in [2.45, 2.75) is 84.7 Å². The second-order valence-corrected chi connectivity index (χ2v) is 5.30. The van der Waals surface area contributed by atoms with Gasteiger partial charge in [0.15, 0.2) is 5.82 Å². The fraction of sp³-hybridized carbons (Fsp3) is 0.867. The van der Waals surface area contributed by atoms with Gasteiger partial charge >= 0.3 is 0 Å². The molecule has 19 heavy (non-hydrogen) atoms. The maximum Gasteiger partial charge on any atom is 0.240 e. The molecule has 0 saturated heterocycles. The van der Waals surface area contributed by atoms with E-state index in [0.29, 0.717) is 24.3 Å². The van der Waals surface area contributed by atoms with Crippen molar-refractivity contribution >= 4 is 0 Å². The zero-order chi connectivity index (χ0) is 13.9. The molecule has 1 aromatic heterocycles. The summed E-state index contributed by atoms with van der Waals surface area (Å²) in [5, 5.41) is 7.39. The molecule has 0 aliphatic heterocycles. The van der Waals surface area contributed by atoms with Crippen molar-refractivity contribution in [1.29, 1.82) is 0 Å². The molecule has 0 atom stereocenters. The lowest BCUT2D eigenvalue weighted by Crippen LogP contribution is -2.28. The Morgan fingerprint density at radius 2 is 1.68 bits per heavy atom. The summed E-state index contributed by atoms with van der Waals surface area (Å²) < 4.78 is 5.14. The summed E-state index contributed by atoms with van der Waals surface area (Å²) in [6.45, 7) is 7.05. The lowest BCUT2D eigenvalue weighted by atomic mass is 10.0. The van der Waals surface area contributed by atoms with Crippen LogP contribution in [-0.2, 0) is 6.54 Å². The minimum atomic E-state index is 0.588. The summed E-state index contributed by atoms with van der Waals surface area (Å²) >= 11 is 0. The lowest BCUT2D eigenvalue weighted by molar-refractivity contribution is 0.340. The van der Waals surface area contributed by atoms with Crippen molar-refractivity contribution in [1.82, 2.24) is 15.5 Å². The standard InChI is InChI=1S/C15H29N3O/c1-4-6-8-10-14(11-9-7-5-2)16-12-15-17-13(3)18-19-15/h14,16H,4-12H2,1-3H3. The van der Waals surface area contributed by atoms with Crippen LogP contribution in [0.5, 0.6) is 0 Å². The highest BCUT2D eigenvalue weighted by atomic mass is 16.5. The van der Waals surface area contributed by atoms with Crippen LogP contribution < -0.4 is 5.32 Å². The Morgan fingerprint density at radius 3 is 2.16 bits per heavy atom. The van der Waals surface area contributed by atoms with Gasteiger partial charge in [-0.1, -0.05) is 57.5 Å². The van der Waals surface area contributed by atoms with Gasteiger partial charge < -0.3 is 9.84 Å². The molecule has 0 aliphatic rings. The van der Waals surface area contributed by atoms with E-state index >= 15 is 0 Å². The molecule has 110 valence electrons. The average Bonchev–Trinajstić information content (AvgIpc) is 2.81. The van der Waals surface area contributed by atoms with Gasteiger partial charge in [-0.3, -0.25) is 0 Å². The van der Waals surface area contributed by atoms with E-state index in [1.807, 2.05) is 6.92 Å². The second kappa shape index (κ2) is 9.96. The Balaban J connectivity index is 2.29. The van der Waals surface area contributed by atoms with Crippen molar-refractivity contribution < 1.29 is 4.52 Å². The number of nitrogens with zero attached hydrogens (tertiary/aromatic N) is 2. The molecule has 4 heteroatoms. The number of nitrogens with one attached hydrogen (secondary N) is 1. The monoisotopic (exact) mass is 267 g/mol. The predicted molar refractivity (Wildman–Crippen MR) is 77.9 cm³/mol. The van der Waals surface area contributed by atoms with Crippen LogP contribution in [0.2, 0.25) is 0 Å². The van der Waals surface area contributed by atoms with Gasteiger partial charge in [-0.15, -0.1) is 0 Å². The van der Waals surface area contributed by atoms with E-state index in [-0.39, 0.29) is 0 Å². The molecular weight excluding hydrogens is 238 g/mol. The Morgan fingerprint density at radius 1 is 1.05 bits per heavy atom. The van der Waals surface area contributed by atoms with E-state index < -0.39 is 0 Å². The predicted octanol–water partition coefficient (Wildman–Crippen LogP) is 4.00. The maximum atomic E-state index is 5.14. The summed E-state index contributed by atoms with van der Waals surface area (Å²) in [7, 11) is 0. The number of hydrogen-bond acceptors (Lipinski definition) is 4. The zero-order valence-electron chi connectivity index (χ0n) is 12.7. The highest BCUT2D eigenvalue weighted by Gasteiger charge is 2.10. The molecule has 0 fully saturated rings. The Hall–Kier alpha value is -0.900. The van der Waals surface area contributed by atoms with Gasteiger partial charge in [0.2, 0.25) is 5.89 Å². The third-order valence-electron chi connectivity index (χ3n) is 3.42. The SMILES string of the molecule is CCCCCC(CCCCC)NCc1nc(C)no1. The quantitative estimate of drug-likeness (QED) is 0.616. The number of hydrogen-bond donors (Lipinski definition) is 1. The molecule has 0 saturated carbocycles. The van der Waals surface area contributed by atoms with Crippen LogP contribution in [0.1, 0.15) is 76.9 Å². The molecule has 1 rings (SSSR count). The molecule has 0 spiro atoms. The Labute approximate surface area is 117 Å². The molecule has 0 amide bonds. The smallest absolute Gasteiger partial charge is 0.240 e. The van der Waals surface area contributed by atoms with E-state index in [1.165, 1.54) is 51.4 Å². The van der Waals surface area contributed by atoms with E-state index in [0.717, 1.165) is 0 Å². The maximum absolute atomic E-state index is 5.14. The van der Waals surface area contributed by atoms with Crippen molar-refractivity contribution in [3.8, 4) is 0 Å². The molecule has 0 aliphatic carbocycles. The molecule has 4 nitrogen and oxygen atoms in total.